The van der Waals surface area contributed by atoms with Crippen LogP contribution in [-0.4, -0.2) is 52.0 Å². The van der Waals surface area contributed by atoms with Crippen molar-refractivity contribution >= 4 is 11.9 Å². The molecule has 7 nitrogen and oxygen atoms in total. The fourth-order valence-corrected chi connectivity index (χ4v) is 3.19. The molecule has 154 valence electrons. The first-order chi connectivity index (χ1) is 14.1. The lowest BCUT2D eigenvalue weighted by molar-refractivity contribution is 0.0292. The van der Waals surface area contributed by atoms with Gasteiger partial charge >= 0.3 is 11.9 Å². The largest absolute Gasteiger partial charge is 0.488 e. The number of hydrogen-bond acceptors (Lipinski definition) is 7. The van der Waals surface area contributed by atoms with Gasteiger partial charge in [0.2, 0.25) is 0 Å². The van der Waals surface area contributed by atoms with Crippen molar-refractivity contribution in [3.8, 4) is 5.75 Å². The van der Waals surface area contributed by atoms with Crippen LogP contribution in [0.3, 0.4) is 0 Å². The van der Waals surface area contributed by atoms with Gasteiger partial charge in [0.05, 0.1) is 32.5 Å². The molecular weight excluding hydrogens is 374 g/mol. The number of nitrogens with one attached hydrogen (secondary N) is 1. The Bertz CT molecular complexity index is 843. The topological polar surface area (TPSA) is 83.1 Å². The SMILES string of the molecule is COC(=O)c1cccc(OCc2ccc(CC3CNCCO3)cc2)c1C(=O)OC. The normalized spacial score (nSPS) is 16.1. The summed E-state index contributed by atoms with van der Waals surface area (Å²) in [5, 5.41) is 3.33. The summed E-state index contributed by atoms with van der Waals surface area (Å²) in [6, 6.07) is 12.8. The van der Waals surface area contributed by atoms with Crippen molar-refractivity contribution in [1.82, 2.24) is 5.32 Å². The molecular formula is C22H25NO6. The number of morpholine rings is 1. The molecule has 1 unspecified atom stereocenters. The van der Waals surface area contributed by atoms with Crippen LogP contribution in [0.15, 0.2) is 42.5 Å². The van der Waals surface area contributed by atoms with E-state index in [2.05, 4.69) is 5.32 Å². The maximum atomic E-state index is 12.2. The Morgan fingerprint density at radius 2 is 1.76 bits per heavy atom. The number of hydrogen-bond donors (Lipinski definition) is 1. The summed E-state index contributed by atoms with van der Waals surface area (Å²) in [6.45, 7) is 2.75. The van der Waals surface area contributed by atoms with Crippen molar-refractivity contribution in [3.63, 3.8) is 0 Å². The van der Waals surface area contributed by atoms with E-state index in [1.807, 2.05) is 24.3 Å². The Labute approximate surface area is 169 Å². The van der Waals surface area contributed by atoms with E-state index in [0.29, 0.717) is 0 Å². The van der Waals surface area contributed by atoms with E-state index in [1.54, 1.807) is 12.1 Å². The number of carbonyl (C=O) groups excluding carboxylic acids is 2. The summed E-state index contributed by atoms with van der Waals surface area (Å²) in [5.41, 5.74) is 2.29. The third-order valence-corrected chi connectivity index (χ3v) is 4.71. The lowest BCUT2D eigenvalue weighted by Crippen LogP contribution is -2.39. The fraction of sp³-hybridized carbons (Fsp3) is 0.364. The highest BCUT2D eigenvalue weighted by atomic mass is 16.5. The van der Waals surface area contributed by atoms with Crippen LogP contribution < -0.4 is 10.1 Å². The van der Waals surface area contributed by atoms with E-state index in [0.717, 1.165) is 31.7 Å². The van der Waals surface area contributed by atoms with Crippen molar-refractivity contribution < 1.29 is 28.5 Å². The predicted octanol–water partition coefficient (Wildman–Crippen LogP) is 2.37. The monoisotopic (exact) mass is 399 g/mol. The van der Waals surface area contributed by atoms with Crippen molar-refractivity contribution in [1.29, 1.82) is 0 Å². The number of ether oxygens (including phenoxy) is 4. The number of esters is 2. The van der Waals surface area contributed by atoms with E-state index in [4.69, 9.17) is 18.9 Å². The number of carbonyl (C=O) groups is 2. The minimum absolute atomic E-state index is 0.0559. The molecule has 0 spiro atoms. The summed E-state index contributed by atoms with van der Waals surface area (Å²) in [5.74, 6) is -1.01. The third-order valence-electron chi connectivity index (χ3n) is 4.71. The molecule has 1 saturated heterocycles. The standard InChI is InChI=1S/C22H25NO6/c1-26-21(24)18-4-3-5-19(20(18)22(25)27-2)29-14-16-8-6-15(7-9-16)12-17-13-23-10-11-28-17/h3-9,17,23H,10-14H2,1-2H3. The molecule has 0 aliphatic carbocycles. The number of methoxy groups -OCH3 is 2. The minimum atomic E-state index is -0.655. The summed E-state index contributed by atoms with van der Waals surface area (Å²) >= 11 is 0. The van der Waals surface area contributed by atoms with Crippen LogP contribution in [0.1, 0.15) is 31.8 Å². The molecule has 1 N–H and O–H groups in total. The first-order valence-corrected chi connectivity index (χ1v) is 9.45. The van der Waals surface area contributed by atoms with Crippen LogP contribution in [0.25, 0.3) is 0 Å². The van der Waals surface area contributed by atoms with Gasteiger partial charge in [-0.05, 0) is 29.7 Å². The van der Waals surface area contributed by atoms with Crippen LogP contribution >= 0.6 is 0 Å². The zero-order valence-corrected chi connectivity index (χ0v) is 16.6. The smallest absolute Gasteiger partial charge is 0.342 e. The molecule has 7 heteroatoms. The van der Waals surface area contributed by atoms with Crippen molar-refractivity contribution in [2.24, 2.45) is 0 Å². The average Bonchev–Trinajstić information content (AvgIpc) is 2.78. The molecule has 0 aromatic heterocycles. The first-order valence-electron chi connectivity index (χ1n) is 9.45. The molecule has 2 aromatic carbocycles. The molecule has 0 saturated carbocycles. The Balaban J connectivity index is 1.69. The second-order valence-corrected chi connectivity index (χ2v) is 6.67. The van der Waals surface area contributed by atoms with E-state index >= 15 is 0 Å². The first kappa shape index (κ1) is 20.8. The highest BCUT2D eigenvalue weighted by Gasteiger charge is 2.23. The number of rotatable bonds is 7. The Hall–Kier alpha value is -2.90. The van der Waals surface area contributed by atoms with Gasteiger partial charge < -0.3 is 24.3 Å². The fourth-order valence-electron chi connectivity index (χ4n) is 3.19. The summed E-state index contributed by atoms with van der Waals surface area (Å²) < 4.78 is 21.1. The molecule has 1 aliphatic rings. The molecule has 1 heterocycles. The molecule has 2 aromatic rings. The maximum Gasteiger partial charge on any atom is 0.342 e. The van der Waals surface area contributed by atoms with Gasteiger partial charge in [-0.1, -0.05) is 30.3 Å². The van der Waals surface area contributed by atoms with Crippen LogP contribution in [-0.2, 0) is 27.2 Å². The van der Waals surface area contributed by atoms with Crippen LogP contribution in [0, 0.1) is 0 Å². The van der Waals surface area contributed by atoms with E-state index in [1.165, 1.54) is 25.8 Å². The van der Waals surface area contributed by atoms with Crippen molar-refractivity contribution in [2.75, 3.05) is 33.9 Å². The highest BCUT2D eigenvalue weighted by Crippen LogP contribution is 2.25. The summed E-state index contributed by atoms with van der Waals surface area (Å²) in [6.07, 6.45) is 1.04. The second kappa shape index (κ2) is 10.0. The van der Waals surface area contributed by atoms with Gasteiger partial charge in [-0.25, -0.2) is 9.59 Å². The van der Waals surface area contributed by atoms with Gasteiger partial charge in [0.25, 0.3) is 0 Å². The summed E-state index contributed by atoms with van der Waals surface area (Å²) in [4.78, 5) is 24.2. The Morgan fingerprint density at radius 1 is 1.03 bits per heavy atom. The molecule has 3 rings (SSSR count). The van der Waals surface area contributed by atoms with Gasteiger partial charge in [0, 0.05) is 13.1 Å². The molecule has 1 atom stereocenters. The molecule has 29 heavy (non-hydrogen) atoms. The molecule has 0 bridgehead atoms. The predicted molar refractivity (Wildman–Crippen MR) is 106 cm³/mol. The zero-order valence-electron chi connectivity index (χ0n) is 16.6. The summed E-state index contributed by atoms with van der Waals surface area (Å²) in [7, 11) is 2.51. The van der Waals surface area contributed by atoms with Crippen LogP contribution in [0.2, 0.25) is 0 Å². The van der Waals surface area contributed by atoms with Gasteiger partial charge in [0.1, 0.15) is 17.9 Å². The molecule has 1 fully saturated rings. The van der Waals surface area contributed by atoms with Crippen molar-refractivity contribution in [3.05, 3.63) is 64.7 Å². The van der Waals surface area contributed by atoms with E-state index in [9.17, 15) is 9.59 Å². The van der Waals surface area contributed by atoms with Crippen LogP contribution in [0.4, 0.5) is 0 Å². The van der Waals surface area contributed by atoms with E-state index < -0.39 is 11.9 Å². The highest BCUT2D eigenvalue weighted by molar-refractivity contribution is 6.05. The van der Waals surface area contributed by atoms with Gasteiger partial charge in [0.15, 0.2) is 0 Å². The van der Waals surface area contributed by atoms with Crippen LogP contribution in [0.5, 0.6) is 5.75 Å². The zero-order chi connectivity index (χ0) is 20.6. The molecule has 0 radical (unpaired) electrons. The lowest BCUT2D eigenvalue weighted by Gasteiger charge is -2.23. The minimum Gasteiger partial charge on any atom is -0.488 e. The number of benzene rings is 2. The molecule has 1 aliphatic heterocycles. The maximum absolute atomic E-state index is 12.2. The quantitative estimate of drug-likeness (QED) is 0.716. The average molecular weight is 399 g/mol. The molecule has 0 amide bonds. The Morgan fingerprint density at radius 3 is 2.41 bits per heavy atom. The van der Waals surface area contributed by atoms with Gasteiger partial charge in [-0.15, -0.1) is 0 Å². The second-order valence-electron chi connectivity index (χ2n) is 6.67. The third kappa shape index (κ3) is 5.34. The van der Waals surface area contributed by atoms with Crippen molar-refractivity contribution in [2.45, 2.75) is 19.1 Å². The van der Waals surface area contributed by atoms with Gasteiger partial charge in [-0.3, -0.25) is 0 Å². The van der Waals surface area contributed by atoms with E-state index in [-0.39, 0.29) is 29.6 Å². The van der Waals surface area contributed by atoms with Gasteiger partial charge in [-0.2, -0.15) is 0 Å². The lowest BCUT2D eigenvalue weighted by atomic mass is 10.0. The Kier molecular flexibility index (Phi) is 7.21.